The van der Waals surface area contributed by atoms with Crippen molar-refractivity contribution in [1.82, 2.24) is 4.98 Å². The number of aliphatic hydroxyl groups is 1. The molecule has 2 aromatic rings. The molecule has 0 fully saturated rings. The summed E-state index contributed by atoms with van der Waals surface area (Å²) in [6.45, 7) is 0.954. The van der Waals surface area contributed by atoms with E-state index in [4.69, 9.17) is 5.11 Å². The summed E-state index contributed by atoms with van der Waals surface area (Å²) in [4.78, 5) is 4.29. The zero-order valence-electron chi connectivity index (χ0n) is 8.48. The summed E-state index contributed by atoms with van der Waals surface area (Å²) in [5.74, 6) is 0.890. The molecule has 0 aliphatic heterocycles. The molecule has 0 saturated carbocycles. The maximum absolute atomic E-state index is 8.70. The first-order valence-electron chi connectivity index (χ1n) is 5.10. The normalized spacial score (nSPS) is 10.5. The zero-order chi connectivity index (χ0) is 10.5. The molecular weight excluding hydrogens is 188 g/mol. The second-order valence-electron chi connectivity index (χ2n) is 3.38. The molecule has 1 aromatic heterocycles. The van der Waals surface area contributed by atoms with Crippen molar-refractivity contribution in [2.75, 3.05) is 18.5 Å². The monoisotopic (exact) mass is 202 g/mol. The van der Waals surface area contributed by atoms with E-state index >= 15 is 0 Å². The molecule has 0 radical (unpaired) electrons. The first-order chi connectivity index (χ1) is 7.42. The summed E-state index contributed by atoms with van der Waals surface area (Å²) < 4.78 is 0. The number of fused-ring (bicyclic) bond motifs is 1. The van der Waals surface area contributed by atoms with Crippen LogP contribution in [0.2, 0.25) is 0 Å². The van der Waals surface area contributed by atoms with Gasteiger partial charge in [-0.25, -0.2) is 4.98 Å². The molecule has 3 nitrogen and oxygen atoms in total. The number of rotatable bonds is 4. The number of aromatic nitrogens is 1. The van der Waals surface area contributed by atoms with E-state index < -0.39 is 0 Å². The molecule has 3 heteroatoms. The quantitative estimate of drug-likeness (QED) is 0.746. The fraction of sp³-hybridized carbons (Fsp3) is 0.250. The summed E-state index contributed by atoms with van der Waals surface area (Å²) >= 11 is 0. The van der Waals surface area contributed by atoms with Crippen LogP contribution in [-0.2, 0) is 0 Å². The highest BCUT2D eigenvalue weighted by molar-refractivity contribution is 5.91. The Balaban J connectivity index is 2.26. The molecule has 1 aromatic carbocycles. The van der Waals surface area contributed by atoms with E-state index in [2.05, 4.69) is 16.4 Å². The fourth-order valence-electron chi connectivity index (χ4n) is 1.55. The van der Waals surface area contributed by atoms with Crippen LogP contribution in [0.1, 0.15) is 6.42 Å². The van der Waals surface area contributed by atoms with E-state index in [0.29, 0.717) is 0 Å². The van der Waals surface area contributed by atoms with Gasteiger partial charge in [-0.05, 0) is 17.9 Å². The molecule has 15 heavy (non-hydrogen) atoms. The third-order valence-electron chi connectivity index (χ3n) is 2.30. The molecule has 0 saturated heterocycles. The molecular formula is C12H14N2O. The number of benzene rings is 1. The number of hydrogen-bond donors (Lipinski definition) is 2. The van der Waals surface area contributed by atoms with Crippen molar-refractivity contribution >= 4 is 16.6 Å². The van der Waals surface area contributed by atoms with Crippen LogP contribution in [0.5, 0.6) is 0 Å². The number of anilines is 1. The molecule has 0 aliphatic carbocycles. The van der Waals surface area contributed by atoms with Gasteiger partial charge in [-0.15, -0.1) is 0 Å². The van der Waals surface area contributed by atoms with E-state index in [-0.39, 0.29) is 6.61 Å². The maximum atomic E-state index is 8.70. The Bertz CT molecular complexity index is 437. The second kappa shape index (κ2) is 4.75. The SMILES string of the molecule is OCCCNc1nccc2ccccc12. The van der Waals surface area contributed by atoms with Gasteiger partial charge >= 0.3 is 0 Å². The average molecular weight is 202 g/mol. The van der Waals surface area contributed by atoms with E-state index in [0.717, 1.165) is 24.2 Å². The summed E-state index contributed by atoms with van der Waals surface area (Å²) in [7, 11) is 0. The lowest BCUT2D eigenvalue weighted by Gasteiger charge is -2.07. The Kier molecular flexibility index (Phi) is 3.15. The Morgan fingerprint density at radius 3 is 2.93 bits per heavy atom. The Labute approximate surface area is 88.8 Å². The van der Waals surface area contributed by atoms with Crippen molar-refractivity contribution in [3.05, 3.63) is 36.5 Å². The van der Waals surface area contributed by atoms with Crippen LogP contribution < -0.4 is 5.32 Å². The number of hydrogen-bond acceptors (Lipinski definition) is 3. The molecule has 0 aliphatic rings. The standard InChI is InChI=1S/C12H14N2O/c15-9-3-7-13-12-11-5-2-1-4-10(11)6-8-14-12/h1-2,4-6,8,15H,3,7,9H2,(H,13,14). The summed E-state index contributed by atoms with van der Waals surface area (Å²) in [5, 5.41) is 14.2. The van der Waals surface area contributed by atoms with Gasteiger partial charge in [0, 0.05) is 24.7 Å². The topological polar surface area (TPSA) is 45.1 Å². The van der Waals surface area contributed by atoms with Crippen LogP contribution in [0.25, 0.3) is 10.8 Å². The van der Waals surface area contributed by atoms with E-state index in [1.165, 1.54) is 5.39 Å². The van der Waals surface area contributed by atoms with Crippen LogP contribution in [0.4, 0.5) is 5.82 Å². The summed E-state index contributed by atoms with van der Waals surface area (Å²) in [5.41, 5.74) is 0. The van der Waals surface area contributed by atoms with Crippen LogP contribution >= 0.6 is 0 Å². The highest BCUT2D eigenvalue weighted by Gasteiger charge is 1.99. The number of pyridine rings is 1. The van der Waals surface area contributed by atoms with E-state index in [1.54, 1.807) is 6.20 Å². The van der Waals surface area contributed by atoms with Crippen molar-refractivity contribution in [3.63, 3.8) is 0 Å². The molecule has 0 atom stereocenters. The van der Waals surface area contributed by atoms with Crippen LogP contribution in [0.15, 0.2) is 36.5 Å². The van der Waals surface area contributed by atoms with Gasteiger partial charge in [-0.2, -0.15) is 0 Å². The molecule has 2 N–H and O–H groups in total. The lowest BCUT2D eigenvalue weighted by molar-refractivity contribution is 0.292. The van der Waals surface area contributed by atoms with Crippen LogP contribution in [0, 0.1) is 0 Å². The van der Waals surface area contributed by atoms with E-state index in [1.807, 2.05) is 24.3 Å². The van der Waals surface area contributed by atoms with Crippen molar-refractivity contribution < 1.29 is 5.11 Å². The third kappa shape index (κ3) is 2.25. The molecule has 0 bridgehead atoms. The molecule has 78 valence electrons. The molecule has 0 spiro atoms. The average Bonchev–Trinajstić information content (AvgIpc) is 2.30. The fourth-order valence-corrected chi connectivity index (χ4v) is 1.55. The van der Waals surface area contributed by atoms with E-state index in [9.17, 15) is 0 Å². The number of nitrogens with one attached hydrogen (secondary N) is 1. The van der Waals surface area contributed by atoms with Crippen molar-refractivity contribution in [1.29, 1.82) is 0 Å². The lowest BCUT2D eigenvalue weighted by atomic mass is 10.1. The minimum atomic E-state index is 0.206. The molecule has 2 rings (SSSR count). The van der Waals surface area contributed by atoms with Gasteiger partial charge in [-0.3, -0.25) is 0 Å². The Morgan fingerprint density at radius 2 is 2.07 bits per heavy atom. The second-order valence-corrected chi connectivity index (χ2v) is 3.38. The smallest absolute Gasteiger partial charge is 0.133 e. The highest BCUT2D eigenvalue weighted by atomic mass is 16.3. The Hall–Kier alpha value is -1.61. The number of nitrogens with zero attached hydrogens (tertiary/aromatic N) is 1. The van der Waals surface area contributed by atoms with Crippen LogP contribution in [0.3, 0.4) is 0 Å². The minimum absolute atomic E-state index is 0.206. The Morgan fingerprint density at radius 1 is 1.20 bits per heavy atom. The third-order valence-corrected chi connectivity index (χ3v) is 2.30. The summed E-state index contributed by atoms with van der Waals surface area (Å²) in [6, 6.07) is 10.1. The van der Waals surface area contributed by atoms with Gasteiger partial charge in [0.25, 0.3) is 0 Å². The van der Waals surface area contributed by atoms with Crippen LogP contribution in [-0.4, -0.2) is 23.2 Å². The molecule has 0 amide bonds. The highest BCUT2D eigenvalue weighted by Crippen LogP contribution is 2.19. The van der Waals surface area contributed by atoms with Gasteiger partial charge in [-0.1, -0.05) is 24.3 Å². The van der Waals surface area contributed by atoms with Crippen molar-refractivity contribution in [2.45, 2.75) is 6.42 Å². The molecule has 1 heterocycles. The van der Waals surface area contributed by atoms with Gasteiger partial charge in [0.15, 0.2) is 0 Å². The van der Waals surface area contributed by atoms with Gasteiger partial charge < -0.3 is 10.4 Å². The zero-order valence-corrected chi connectivity index (χ0v) is 8.48. The van der Waals surface area contributed by atoms with Gasteiger partial charge in [0.1, 0.15) is 5.82 Å². The van der Waals surface area contributed by atoms with Gasteiger partial charge in [0.2, 0.25) is 0 Å². The predicted molar refractivity (Wildman–Crippen MR) is 61.9 cm³/mol. The predicted octanol–water partition coefficient (Wildman–Crippen LogP) is 2.03. The lowest BCUT2D eigenvalue weighted by Crippen LogP contribution is -2.05. The minimum Gasteiger partial charge on any atom is -0.396 e. The molecule has 0 unspecified atom stereocenters. The first-order valence-corrected chi connectivity index (χ1v) is 5.10. The first kappa shape index (κ1) is 9.93. The van der Waals surface area contributed by atoms with Gasteiger partial charge in [0.05, 0.1) is 0 Å². The maximum Gasteiger partial charge on any atom is 0.133 e. The van der Waals surface area contributed by atoms with Crippen molar-refractivity contribution in [3.8, 4) is 0 Å². The number of aliphatic hydroxyl groups excluding tert-OH is 1. The largest absolute Gasteiger partial charge is 0.396 e. The summed E-state index contributed by atoms with van der Waals surface area (Å²) in [6.07, 6.45) is 2.54. The van der Waals surface area contributed by atoms with Crippen molar-refractivity contribution in [2.24, 2.45) is 0 Å².